The number of carboxylic acids is 1. The molecule has 0 bridgehead atoms. The molecule has 1 rings (SSSR count). The van der Waals surface area contributed by atoms with Gasteiger partial charge in [0, 0.05) is 31.3 Å². The van der Waals surface area contributed by atoms with Crippen LogP contribution in [-0.2, 0) is 11.3 Å². The van der Waals surface area contributed by atoms with E-state index in [1.807, 2.05) is 19.1 Å². The molecule has 17 heavy (non-hydrogen) atoms. The number of ether oxygens (including phenoxy) is 1. The van der Waals surface area contributed by atoms with E-state index in [1.54, 1.807) is 13.3 Å². The molecule has 0 aliphatic rings. The van der Waals surface area contributed by atoms with E-state index < -0.39 is 5.97 Å². The zero-order chi connectivity index (χ0) is 12.7. The van der Waals surface area contributed by atoms with Gasteiger partial charge in [-0.15, -0.1) is 0 Å². The Balaban J connectivity index is 2.36. The lowest BCUT2D eigenvalue weighted by atomic mass is 10.1. The van der Waals surface area contributed by atoms with Gasteiger partial charge in [0.25, 0.3) is 0 Å². The minimum atomic E-state index is -0.760. The van der Waals surface area contributed by atoms with Gasteiger partial charge in [0.1, 0.15) is 0 Å². The Morgan fingerprint density at radius 1 is 1.65 bits per heavy atom. The van der Waals surface area contributed by atoms with Gasteiger partial charge in [-0.25, -0.2) is 4.98 Å². The molecule has 0 aliphatic heterocycles. The molecule has 1 unspecified atom stereocenters. The van der Waals surface area contributed by atoms with Crippen LogP contribution in [0.25, 0.3) is 0 Å². The number of pyridine rings is 1. The van der Waals surface area contributed by atoms with E-state index in [-0.39, 0.29) is 12.5 Å². The summed E-state index contributed by atoms with van der Waals surface area (Å²) in [4.78, 5) is 14.4. The molecule has 0 amide bonds. The fourth-order valence-corrected chi connectivity index (χ4v) is 1.41. The molecule has 0 aromatic carbocycles. The summed E-state index contributed by atoms with van der Waals surface area (Å²) in [7, 11) is 1.58. The number of aromatic nitrogens is 1. The van der Waals surface area contributed by atoms with Gasteiger partial charge >= 0.3 is 5.97 Å². The van der Waals surface area contributed by atoms with Crippen molar-refractivity contribution in [2.75, 3.05) is 7.11 Å². The number of hydrogen-bond donors (Lipinski definition) is 2. The molecular formula is C12H18N2O3. The van der Waals surface area contributed by atoms with E-state index in [4.69, 9.17) is 9.84 Å². The summed E-state index contributed by atoms with van der Waals surface area (Å²) in [6.45, 7) is 2.65. The number of hydrogen-bond acceptors (Lipinski definition) is 4. The summed E-state index contributed by atoms with van der Waals surface area (Å²) in [5, 5.41) is 11.8. The fourth-order valence-electron chi connectivity index (χ4n) is 1.41. The van der Waals surface area contributed by atoms with E-state index in [2.05, 4.69) is 10.3 Å². The van der Waals surface area contributed by atoms with Crippen LogP contribution in [0.2, 0.25) is 0 Å². The molecule has 1 heterocycles. The van der Waals surface area contributed by atoms with Crippen LogP contribution in [0, 0.1) is 0 Å². The molecule has 5 nitrogen and oxygen atoms in total. The molecule has 0 aliphatic carbocycles. The Hall–Kier alpha value is -1.62. The highest BCUT2D eigenvalue weighted by molar-refractivity contribution is 5.66. The third-order valence-corrected chi connectivity index (χ3v) is 2.45. The Morgan fingerprint density at radius 2 is 2.41 bits per heavy atom. The van der Waals surface area contributed by atoms with Gasteiger partial charge in [-0.2, -0.15) is 0 Å². The van der Waals surface area contributed by atoms with Gasteiger partial charge in [-0.05, 0) is 25.0 Å². The van der Waals surface area contributed by atoms with Crippen LogP contribution >= 0.6 is 0 Å². The Morgan fingerprint density at radius 3 is 3.06 bits per heavy atom. The van der Waals surface area contributed by atoms with Gasteiger partial charge in [0.2, 0.25) is 5.88 Å². The Kier molecular flexibility index (Phi) is 5.42. The van der Waals surface area contributed by atoms with Crippen molar-refractivity contribution in [3.05, 3.63) is 23.9 Å². The molecular weight excluding hydrogens is 220 g/mol. The second-order valence-corrected chi connectivity index (χ2v) is 3.92. The van der Waals surface area contributed by atoms with Crippen LogP contribution in [0.15, 0.2) is 18.3 Å². The van der Waals surface area contributed by atoms with Crippen LogP contribution < -0.4 is 10.1 Å². The second-order valence-electron chi connectivity index (χ2n) is 3.92. The molecule has 0 saturated heterocycles. The lowest BCUT2D eigenvalue weighted by Gasteiger charge is -2.12. The summed E-state index contributed by atoms with van der Waals surface area (Å²) in [6.07, 6.45) is 2.50. The molecule has 0 saturated carbocycles. The maximum Gasteiger partial charge on any atom is 0.303 e. The third kappa shape index (κ3) is 5.31. The van der Waals surface area contributed by atoms with Crippen molar-refractivity contribution in [2.45, 2.75) is 32.4 Å². The number of aliphatic carboxylic acids is 1. The predicted octanol–water partition coefficient (Wildman–Crippen LogP) is 1.43. The van der Waals surface area contributed by atoms with Crippen molar-refractivity contribution < 1.29 is 14.6 Å². The maximum atomic E-state index is 10.4. The van der Waals surface area contributed by atoms with Crippen LogP contribution in [0.5, 0.6) is 5.88 Å². The van der Waals surface area contributed by atoms with Crippen LogP contribution in [-0.4, -0.2) is 29.2 Å². The van der Waals surface area contributed by atoms with Crippen LogP contribution in [0.4, 0.5) is 0 Å². The highest BCUT2D eigenvalue weighted by atomic mass is 16.5. The molecule has 1 aromatic heterocycles. The molecule has 1 aromatic rings. The molecule has 94 valence electrons. The zero-order valence-corrected chi connectivity index (χ0v) is 10.1. The zero-order valence-electron chi connectivity index (χ0n) is 10.1. The van der Waals surface area contributed by atoms with Crippen molar-refractivity contribution in [3.8, 4) is 5.88 Å². The average molecular weight is 238 g/mol. The minimum absolute atomic E-state index is 0.172. The summed E-state index contributed by atoms with van der Waals surface area (Å²) in [6, 6.07) is 3.93. The van der Waals surface area contributed by atoms with E-state index in [0.717, 1.165) is 5.56 Å². The molecule has 1 atom stereocenters. The van der Waals surface area contributed by atoms with Crippen molar-refractivity contribution in [1.82, 2.24) is 10.3 Å². The van der Waals surface area contributed by atoms with E-state index in [1.165, 1.54) is 0 Å². The van der Waals surface area contributed by atoms with E-state index in [9.17, 15) is 4.79 Å². The number of nitrogens with one attached hydrogen (secondary N) is 1. The Labute approximate surface area is 101 Å². The van der Waals surface area contributed by atoms with Gasteiger partial charge < -0.3 is 15.2 Å². The quantitative estimate of drug-likeness (QED) is 0.752. The smallest absolute Gasteiger partial charge is 0.303 e. The van der Waals surface area contributed by atoms with Gasteiger partial charge in [0.15, 0.2) is 0 Å². The number of methoxy groups -OCH3 is 1. The van der Waals surface area contributed by atoms with Crippen molar-refractivity contribution in [3.63, 3.8) is 0 Å². The van der Waals surface area contributed by atoms with Crippen molar-refractivity contribution >= 4 is 5.97 Å². The SMILES string of the molecule is COc1cc(CNC(C)CCC(=O)O)ccn1. The van der Waals surface area contributed by atoms with E-state index in [0.29, 0.717) is 18.8 Å². The van der Waals surface area contributed by atoms with E-state index >= 15 is 0 Å². The first kappa shape index (κ1) is 13.4. The number of rotatable bonds is 7. The van der Waals surface area contributed by atoms with Crippen LogP contribution in [0.1, 0.15) is 25.3 Å². The lowest BCUT2D eigenvalue weighted by molar-refractivity contribution is -0.137. The first-order valence-corrected chi connectivity index (χ1v) is 5.56. The van der Waals surface area contributed by atoms with Crippen LogP contribution in [0.3, 0.4) is 0 Å². The predicted molar refractivity (Wildman–Crippen MR) is 64.0 cm³/mol. The topological polar surface area (TPSA) is 71.5 Å². The molecule has 5 heteroatoms. The number of nitrogens with zero attached hydrogens (tertiary/aromatic N) is 1. The number of carbonyl (C=O) groups is 1. The fraction of sp³-hybridized carbons (Fsp3) is 0.500. The molecule has 0 spiro atoms. The lowest BCUT2D eigenvalue weighted by Crippen LogP contribution is -2.26. The van der Waals surface area contributed by atoms with Crippen molar-refractivity contribution in [1.29, 1.82) is 0 Å². The normalized spacial score (nSPS) is 12.1. The molecule has 0 fully saturated rings. The highest BCUT2D eigenvalue weighted by Crippen LogP contribution is 2.08. The summed E-state index contributed by atoms with van der Waals surface area (Å²) >= 11 is 0. The number of carboxylic acid groups (broad SMARTS) is 1. The van der Waals surface area contributed by atoms with Gasteiger partial charge in [-0.3, -0.25) is 4.79 Å². The van der Waals surface area contributed by atoms with Crippen molar-refractivity contribution in [2.24, 2.45) is 0 Å². The summed E-state index contributed by atoms with van der Waals surface area (Å²) in [5.41, 5.74) is 1.07. The summed E-state index contributed by atoms with van der Waals surface area (Å²) in [5.74, 6) is -0.174. The van der Waals surface area contributed by atoms with Gasteiger partial charge in [0.05, 0.1) is 7.11 Å². The third-order valence-electron chi connectivity index (χ3n) is 2.45. The summed E-state index contributed by atoms with van der Waals surface area (Å²) < 4.78 is 5.02. The van der Waals surface area contributed by atoms with Gasteiger partial charge in [-0.1, -0.05) is 0 Å². The average Bonchev–Trinajstić information content (AvgIpc) is 2.34. The second kappa shape index (κ2) is 6.85. The maximum absolute atomic E-state index is 10.4. The highest BCUT2D eigenvalue weighted by Gasteiger charge is 2.05. The minimum Gasteiger partial charge on any atom is -0.481 e. The largest absolute Gasteiger partial charge is 0.481 e. The first-order valence-electron chi connectivity index (χ1n) is 5.56. The standard InChI is InChI=1S/C12H18N2O3/c1-9(3-4-12(15)16)14-8-10-5-6-13-11(7-10)17-2/h5-7,9,14H,3-4,8H2,1-2H3,(H,15,16). The Bertz CT molecular complexity index is 369. The monoisotopic (exact) mass is 238 g/mol. The first-order chi connectivity index (χ1) is 8.11. The molecule has 0 radical (unpaired) electrons. The molecule has 2 N–H and O–H groups in total.